The van der Waals surface area contributed by atoms with Crippen molar-refractivity contribution >= 4 is 3.21 Å². The minimum atomic E-state index is 0. The van der Waals surface area contributed by atoms with Crippen LogP contribution in [0.3, 0.4) is 0 Å². The van der Waals surface area contributed by atoms with Gasteiger partial charge in [-0.2, -0.15) is 29.8 Å². The fraction of sp³-hybridized carbons (Fsp3) is 0.528. The van der Waals surface area contributed by atoms with Gasteiger partial charge in [-0.15, -0.1) is 17.5 Å². The van der Waals surface area contributed by atoms with Crippen LogP contribution in [-0.2, 0) is 41.5 Å². The zero-order chi connectivity index (χ0) is 26.4. The number of halogens is 2. The van der Waals surface area contributed by atoms with Crippen molar-refractivity contribution < 1.29 is 49.0 Å². The van der Waals surface area contributed by atoms with E-state index >= 15 is 0 Å². The molecule has 4 bridgehead atoms. The molecule has 4 fully saturated rings. The molecular weight excluding hydrogens is 595 g/mol. The van der Waals surface area contributed by atoms with E-state index in [0.717, 1.165) is 36.5 Å². The predicted molar refractivity (Wildman–Crippen MR) is 155 cm³/mol. The summed E-state index contributed by atoms with van der Waals surface area (Å²) in [6.07, 6.45) is 18.9. The third-order valence-corrected chi connectivity index (χ3v) is 11.1. The van der Waals surface area contributed by atoms with Gasteiger partial charge in [-0.1, -0.05) is 65.3 Å². The van der Waals surface area contributed by atoms with Crippen molar-refractivity contribution in [2.45, 2.75) is 97.3 Å². The van der Waals surface area contributed by atoms with Gasteiger partial charge in [0.25, 0.3) is 0 Å². The topological polar surface area (TPSA) is 0 Å². The quantitative estimate of drug-likeness (QED) is 0.332. The summed E-state index contributed by atoms with van der Waals surface area (Å²) >= 11 is 1.76. The first-order chi connectivity index (χ1) is 17.5. The average Bonchev–Trinajstić information content (AvgIpc) is 3.52. The van der Waals surface area contributed by atoms with Crippen molar-refractivity contribution in [3.05, 3.63) is 83.0 Å². The van der Waals surface area contributed by atoms with Crippen molar-refractivity contribution in [3.63, 3.8) is 0 Å². The molecule has 0 nitrogen and oxygen atoms in total. The van der Waals surface area contributed by atoms with Crippen LogP contribution in [0.2, 0.25) is 0 Å². The molecule has 4 saturated carbocycles. The second kappa shape index (κ2) is 13.0. The van der Waals surface area contributed by atoms with Crippen LogP contribution >= 0.6 is 0 Å². The number of fused-ring (bicyclic) bond motifs is 3. The molecule has 6 aliphatic rings. The van der Waals surface area contributed by atoms with Gasteiger partial charge < -0.3 is 24.8 Å². The number of benzene rings is 2. The molecule has 2 aromatic carbocycles. The van der Waals surface area contributed by atoms with Crippen molar-refractivity contribution in [3.8, 4) is 11.1 Å². The normalized spacial score (nSPS) is 25.0. The molecule has 39 heavy (non-hydrogen) atoms. The molecule has 0 saturated heterocycles. The van der Waals surface area contributed by atoms with E-state index in [1.54, 1.807) is 56.3 Å². The third kappa shape index (κ3) is 7.56. The molecule has 0 unspecified atom stereocenters. The first-order valence-corrected chi connectivity index (χ1v) is 15.7. The molecule has 0 atom stereocenters. The molecule has 0 radical (unpaired) electrons. The Kier molecular flexibility index (Phi) is 11.0. The van der Waals surface area contributed by atoms with Gasteiger partial charge in [0.1, 0.15) is 0 Å². The molecule has 0 aromatic heterocycles. The monoisotopic (exact) mass is 636 g/mol. The minimum absolute atomic E-state index is 0. The first-order valence-electron chi connectivity index (χ1n) is 14.5. The van der Waals surface area contributed by atoms with Crippen molar-refractivity contribution in [2.24, 2.45) is 23.7 Å². The van der Waals surface area contributed by atoms with Crippen LogP contribution in [0.4, 0.5) is 0 Å². The Labute approximate surface area is 265 Å². The van der Waals surface area contributed by atoms with Gasteiger partial charge in [-0.3, -0.25) is 6.08 Å². The fourth-order valence-electron chi connectivity index (χ4n) is 7.06. The molecule has 6 aliphatic carbocycles. The Bertz CT molecular complexity index is 1120. The summed E-state index contributed by atoms with van der Waals surface area (Å²) in [5, 5.41) is 0. The number of allylic oxidation sites excluding steroid dienone is 4. The standard InChI is InChI=1S/C21H25.C10H14.C5H5.2ClH.Zr/c1-20(2,3)16-7-9-18-14(12-16)11-15-13-17(21(4,5)6)8-10-19(15)18;1-7-2-9-4-8(1)5-10(3-7)6-9;1-2-4-5-3-1;;;/h7-10,12H,11H2,1-6H3;7-10H,1-5H2;1-3H,4H2;2*1H;/q-1;;-1;;;+2/p-2. The maximum atomic E-state index is 3.67. The van der Waals surface area contributed by atoms with Crippen molar-refractivity contribution in [1.29, 1.82) is 0 Å². The maximum absolute atomic E-state index is 3.67. The summed E-state index contributed by atoms with van der Waals surface area (Å²) in [6, 6.07) is 15.2. The van der Waals surface area contributed by atoms with Crippen LogP contribution in [0.1, 0.15) is 102 Å². The Morgan fingerprint density at radius 1 is 0.769 bits per heavy atom. The summed E-state index contributed by atoms with van der Waals surface area (Å²) in [5.74, 6) is 4.51. The van der Waals surface area contributed by atoms with Gasteiger partial charge in [0.2, 0.25) is 0 Å². The Balaban J connectivity index is 0.000000194. The summed E-state index contributed by atoms with van der Waals surface area (Å²) in [5.41, 5.74) is 8.70. The summed E-state index contributed by atoms with van der Waals surface area (Å²) in [7, 11) is 0. The van der Waals surface area contributed by atoms with E-state index in [1.165, 1.54) is 33.4 Å². The van der Waals surface area contributed by atoms with E-state index < -0.39 is 0 Å². The average molecular weight is 639 g/mol. The van der Waals surface area contributed by atoms with Crippen LogP contribution in [0, 0.1) is 35.8 Å². The van der Waals surface area contributed by atoms with Crippen LogP contribution in [0.15, 0.2) is 48.6 Å². The van der Waals surface area contributed by atoms with E-state index in [1.807, 2.05) is 15.4 Å². The van der Waals surface area contributed by atoms with Gasteiger partial charge >= 0.3 is 83.2 Å². The Morgan fingerprint density at radius 3 is 1.87 bits per heavy atom. The van der Waals surface area contributed by atoms with E-state index in [9.17, 15) is 0 Å². The van der Waals surface area contributed by atoms with Gasteiger partial charge in [0, 0.05) is 0 Å². The zero-order valence-electron chi connectivity index (χ0n) is 24.6. The number of rotatable bonds is 0. The third-order valence-electron chi connectivity index (χ3n) is 9.07. The molecule has 0 N–H and O–H groups in total. The van der Waals surface area contributed by atoms with E-state index in [4.69, 9.17) is 0 Å². The molecular formula is C36H44Cl2Zr-2. The van der Waals surface area contributed by atoms with Gasteiger partial charge in [0.15, 0.2) is 0 Å². The molecule has 0 amide bonds. The van der Waals surface area contributed by atoms with Crippen LogP contribution in [0.25, 0.3) is 11.1 Å². The number of hydrogen-bond donors (Lipinski definition) is 0. The van der Waals surface area contributed by atoms with Crippen LogP contribution in [-0.4, -0.2) is 3.21 Å². The summed E-state index contributed by atoms with van der Waals surface area (Å²) in [6.45, 7) is 13.6. The number of hydrogen-bond acceptors (Lipinski definition) is 0. The fourth-order valence-corrected chi connectivity index (χ4v) is 8.22. The first kappa shape index (κ1) is 32.8. The van der Waals surface area contributed by atoms with Crippen LogP contribution < -0.4 is 24.8 Å². The Hall–Kier alpha value is -0.747. The zero-order valence-corrected chi connectivity index (χ0v) is 28.6. The summed E-state index contributed by atoms with van der Waals surface area (Å²) in [4.78, 5) is 0. The molecule has 0 aliphatic heterocycles. The molecule has 3 heteroatoms. The molecule has 208 valence electrons. The van der Waals surface area contributed by atoms with E-state index in [-0.39, 0.29) is 35.6 Å². The van der Waals surface area contributed by atoms with E-state index in [2.05, 4.69) is 90.1 Å². The summed E-state index contributed by atoms with van der Waals surface area (Å²) < 4.78 is 1.96. The SMILES string of the molecule is CC(C)(C)c1[c-]c2c(cc1)-c1ccc(C(C)(C)C)cc1C2.[C-]1=CC=CC1.[Cl-].[Cl-].[Zr+2]=[C]1C2CC3CC(C2)CC1C3. The second-order valence-corrected chi connectivity index (χ2v) is 15.5. The van der Waals surface area contributed by atoms with Gasteiger partial charge in [-0.25, -0.2) is 12.2 Å². The second-order valence-electron chi connectivity index (χ2n) is 14.1. The molecule has 2 aromatic rings. The van der Waals surface area contributed by atoms with Crippen LogP contribution in [0.5, 0.6) is 0 Å². The molecule has 8 rings (SSSR count). The predicted octanol–water partition coefficient (Wildman–Crippen LogP) is 3.13. The van der Waals surface area contributed by atoms with Crippen molar-refractivity contribution in [1.82, 2.24) is 0 Å². The van der Waals surface area contributed by atoms with Crippen molar-refractivity contribution in [2.75, 3.05) is 0 Å². The Morgan fingerprint density at radius 2 is 1.38 bits per heavy atom. The molecule has 0 heterocycles. The van der Waals surface area contributed by atoms with Gasteiger partial charge in [-0.05, 0) is 28.4 Å². The van der Waals surface area contributed by atoms with Gasteiger partial charge in [0.05, 0.1) is 0 Å². The molecule has 0 spiro atoms. The van der Waals surface area contributed by atoms with E-state index in [0.29, 0.717) is 0 Å².